The van der Waals surface area contributed by atoms with Crippen LogP contribution in [0.15, 0.2) is 52.5 Å². The number of aromatic nitrogens is 2. The zero-order valence-electron chi connectivity index (χ0n) is 21.7. The average Bonchev–Trinajstić information content (AvgIpc) is 3.45. The summed E-state index contributed by atoms with van der Waals surface area (Å²) < 4.78 is 46.6. The number of rotatable bonds is 8. The fraction of sp³-hybridized carbons (Fsp3) is 0.321. The molecule has 8 nitrogen and oxygen atoms in total. The Bertz CT molecular complexity index is 1590. The number of methoxy groups -OCH3 is 1. The van der Waals surface area contributed by atoms with Gasteiger partial charge in [-0.1, -0.05) is 35.5 Å². The maximum absolute atomic E-state index is 13.5. The summed E-state index contributed by atoms with van der Waals surface area (Å²) >= 11 is 7.08. The van der Waals surface area contributed by atoms with Gasteiger partial charge in [-0.25, -0.2) is 4.99 Å². The quantitative estimate of drug-likeness (QED) is 0.270. The molecule has 0 radical (unpaired) electrons. The van der Waals surface area contributed by atoms with Crippen LogP contribution in [0.2, 0.25) is 5.02 Å². The Kier molecular flexibility index (Phi) is 8.23. The smallest absolute Gasteiger partial charge is 0.416 e. The van der Waals surface area contributed by atoms with Crippen molar-refractivity contribution in [1.82, 2.24) is 15.1 Å². The number of nitrogens with zero attached hydrogens (tertiary/aromatic N) is 3. The summed E-state index contributed by atoms with van der Waals surface area (Å²) in [7, 11) is 1.29. The standard InChI is InChI=1S/C28H24ClF3N4O4S/c1-40-24(37)6-7-33-25(38)17-10-18(11-17)27-35-26(39)23(41-27)9-15-2-5-22-19(8-15)13-34-36(22)14-16-3-4-20(29)12-21(16)28(30,31)32/h2-5,8-9,12-13,17-18H,6-7,10-11,14H2,1H3,(H,33,38). The first-order chi connectivity index (χ1) is 19.5. The molecular weight excluding hydrogens is 581 g/mol. The number of alkyl halides is 3. The molecule has 2 aliphatic rings. The molecule has 1 aliphatic heterocycles. The first-order valence-electron chi connectivity index (χ1n) is 12.7. The highest BCUT2D eigenvalue weighted by atomic mass is 35.5. The van der Waals surface area contributed by atoms with Crippen molar-refractivity contribution in [3.05, 3.63) is 69.2 Å². The second-order valence-electron chi connectivity index (χ2n) is 9.77. The van der Waals surface area contributed by atoms with Crippen LogP contribution < -0.4 is 5.32 Å². The average molecular weight is 605 g/mol. The van der Waals surface area contributed by atoms with E-state index in [1.165, 1.54) is 35.7 Å². The van der Waals surface area contributed by atoms with Crippen LogP contribution in [0.25, 0.3) is 17.0 Å². The molecule has 1 aliphatic carbocycles. The van der Waals surface area contributed by atoms with Crippen molar-refractivity contribution in [2.24, 2.45) is 16.8 Å². The number of nitrogens with one attached hydrogen (secondary N) is 1. The van der Waals surface area contributed by atoms with E-state index in [-0.39, 0.29) is 53.7 Å². The van der Waals surface area contributed by atoms with Gasteiger partial charge in [0, 0.05) is 28.8 Å². The normalized spacial score (nSPS) is 19.8. The lowest BCUT2D eigenvalue weighted by molar-refractivity contribution is -0.141. The molecule has 0 saturated heterocycles. The molecule has 5 rings (SSSR count). The van der Waals surface area contributed by atoms with Crippen LogP contribution in [0.1, 0.15) is 36.0 Å². The maximum atomic E-state index is 13.5. The highest BCUT2D eigenvalue weighted by Crippen LogP contribution is 2.43. The van der Waals surface area contributed by atoms with Crippen LogP contribution in [0.4, 0.5) is 13.2 Å². The van der Waals surface area contributed by atoms with Gasteiger partial charge in [-0.2, -0.15) is 18.3 Å². The Hall–Kier alpha value is -3.64. The van der Waals surface area contributed by atoms with Crippen molar-refractivity contribution in [1.29, 1.82) is 0 Å². The third kappa shape index (κ3) is 6.48. The zero-order valence-corrected chi connectivity index (χ0v) is 23.3. The molecule has 2 aromatic carbocycles. The Balaban J connectivity index is 1.22. The van der Waals surface area contributed by atoms with E-state index < -0.39 is 17.7 Å². The minimum Gasteiger partial charge on any atom is -0.469 e. The number of ether oxygens (including phenoxy) is 1. The molecule has 2 heterocycles. The van der Waals surface area contributed by atoms with Crippen LogP contribution in [0.3, 0.4) is 0 Å². The van der Waals surface area contributed by atoms with Crippen LogP contribution in [0.5, 0.6) is 0 Å². The van der Waals surface area contributed by atoms with Gasteiger partial charge in [-0.05, 0) is 54.3 Å². The summed E-state index contributed by atoms with van der Waals surface area (Å²) in [4.78, 5) is 40.7. The summed E-state index contributed by atoms with van der Waals surface area (Å²) in [5.41, 5.74) is 0.610. The maximum Gasteiger partial charge on any atom is 0.416 e. The van der Waals surface area contributed by atoms with Crippen molar-refractivity contribution in [3.8, 4) is 0 Å². The lowest BCUT2D eigenvalue weighted by Crippen LogP contribution is -2.41. The van der Waals surface area contributed by atoms with E-state index in [0.717, 1.165) is 11.6 Å². The van der Waals surface area contributed by atoms with Crippen LogP contribution >= 0.6 is 23.4 Å². The number of fused-ring (bicyclic) bond motifs is 1. The predicted octanol–water partition coefficient (Wildman–Crippen LogP) is 5.48. The third-order valence-electron chi connectivity index (χ3n) is 7.01. The number of hydrogen-bond donors (Lipinski definition) is 1. The molecule has 0 atom stereocenters. The first-order valence-corrected chi connectivity index (χ1v) is 13.9. The number of benzene rings is 2. The highest BCUT2D eigenvalue weighted by Gasteiger charge is 2.40. The second-order valence-corrected chi connectivity index (χ2v) is 11.3. The van der Waals surface area contributed by atoms with Gasteiger partial charge in [-0.3, -0.25) is 19.1 Å². The topological polar surface area (TPSA) is 103 Å². The predicted molar refractivity (Wildman–Crippen MR) is 149 cm³/mol. The SMILES string of the molecule is COC(=O)CCNC(=O)C1CC(C2=NC(=O)C(=Cc3ccc4c(cnn4Cc4ccc(Cl)cc4C(F)(F)F)c3)S2)C1. The van der Waals surface area contributed by atoms with Gasteiger partial charge in [0.15, 0.2) is 0 Å². The van der Waals surface area contributed by atoms with Crippen molar-refractivity contribution in [2.45, 2.75) is 32.0 Å². The fourth-order valence-corrected chi connectivity index (χ4v) is 5.97. The van der Waals surface area contributed by atoms with Crippen molar-refractivity contribution >= 4 is 63.2 Å². The van der Waals surface area contributed by atoms with E-state index in [2.05, 4.69) is 20.1 Å². The molecule has 1 N–H and O–H groups in total. The van der Waals surface area contributed by atoms with E-state index in [9.17, 15) is 27.6 Å². The van der Waals surface area contributed by atoms with E-state index >= 15 is 0 Å². The molecule has 13 heteroatoms. The van der Waals surface area contributed by atoms with Crippen LogP contribution in [-0.4, -0.2) is 46.3 Å². The van der Waals surface area contributed by atoms with Crippen molar-refractivity contribution < 1.29 is 32.3 Å². The van der Waals surface area contributed by atoms with E-state index in [4.69, 9.17) is 11.6 Å². The van der Waals surface area contributed by atoms with Crippen LogP contribution in [0, 0.1) is 11.8 Å². The number of thioether (sulfide) groups is 1. The van der Waals surface area contributed by atoms with Gasteiger partial charge < -0.3 is 10.1 Å². The van der Waals surface area contributed by atoms with Crippen molar-refractivity contribution in [2.75, 3.05) is 13.7 Å². The van der Waals surface area contributed by atoms with E-state index in [1.54, 1.807) is 24.4 Å². The third-order valence-corrected chi connectivity index (χ3v) is 8.39. The molecule has 3 aromatic rings. The fourth-order valence-electron chi connectivity index (χ4n) is 4.75. The highest BCUT2D eigenvalue weighted by molar-refractivity contribution is 8.18. The molecule has 0 spiro atoms. The molecule has 214 valence electrons. The zero-order chi connectivity index (χ0) is 29.3. The van der Waals surface area contributed by atoms with Crippen molar-refractivity contribution in [3.63, 3.8) is 0 Å². The molecule has 1 aromatic heterocycles. The lowest BCUT2D eigenvalue weighted by Gasteiger charge is -2.33. The minimum absolute atomic E-state index is 0.00521. The number of amides is 2. The van der Waals surface area contributed by atoms with E-state index in [0.29, 0.717) is 33.7 Å². The van der Waals surface area contributed by atoms with Gasteiger partial charge in [0.1, 0.15) is 0 Å². The largest absolute Gasteiger partial charge is 0.469 e. The van der Waals surface area contributed by atoms with Gasteiger partial charge in [0.05, 0.1) is 47.3 Å². The molecule has 1 fully saturated rings. The summed E-state index contributed by atoms with van der Waals surface area (Å²) in [5, 5.41) is 8.39. The number of hydrogen-bond acceptors (Lipinski definition) is 6. The van der Waals surface area contributed by atoms with E-state index in [1.807, 2.05) is 6.07 Å². The first kappa shape index (κ1) is 28.9. The van der Waals surface area contributed by atoms with Gasteiger partial charge in [0.2, 0.25) is 5.91 Å². The minimum atomic E-state index is -4.55. The summed E-state index contributed by atoms with van der Waals surface area (Å²) in [6.45, 7) is 0.125. The van der Waals surface area contributed by atoms with Gasteiger partial charge in [0.25, 0.3) is 5.91 Å². The molecule has 0 unspecified atom stereocenters. The van der Waals surface area contributed by atoms with Gasteiger partial charge in [-0.15, -0.1) is 0 Å². The summed E-state index contributed by atoms with van der Waals surface area (Å²) in [6.07, 6.45) is -0.00472. The number of halogens is 4. The molecule has 2 amide bonds. The Labute approximate surface area is 242 Å². The Morgan fingerprint density at radius 1 is 1.22 bits per heavy atom. The van der Waals surface area contributed by atoms with Gasteiger partial charge >= 0.3 is 12.1 Å². The lowest BCUT2D eigenvalue weighted by atomic mass is 9.75. The monoisotopic (exact) mass is 604 g/mol. The number of carbonyl (C=O) groups is 3. The second kappa shape index (κ2) is 11.7. The summed E-state index contributed by atoms with van der Waals surface area (Å²) in [6, 6.07) is 9.00. The molecule has 0 bridgehead atoms. The molecule has 41 heavy (non-hydrogen) atoms. The number of aliphatic imine (C=N–C) groups is 1. The van der Waals surface area contributed by atoms with Crippen LogP contribution in [-0.2, 0) is 31.8 Å². The Morgan fingerprint density at radius 3 is 2.73 bits per heavy atom. The molecular formula is C28H24ClF3N4O4S. The number of carbonyl (C=O) groups excluding carboxylic acids is 3. The Morgan fingerprint density at radius 2 is 2.00 bits per heavy atom. The number of esters is 1. The summed E-state index contributed by atoms with van der Waals surface area (Å²) in [5.74, 6) is -1.05. The molecule has 1 saturated carbocycles.